The maximum Gasteiger partial charge on any atom is 0.301 e. The third-order valence-electron chi connectivity index (χ3n) is 17.2. The molecule has 0 bridgehead atoms. The van der Waals surface area contributed by atoms with E-state index in [2.05, 4.69) is 54.6 Å². The van der Waals surface area contributed by atoms with E-state index in [9.17, 15) is 0 Å². The summed E-state index contributed by atoms with van der Waals surface area (Å²) in [5, 5.41) is 2.02. The highest BCUT2D eigenvalue weighted by molar-refractivity contribution is 7.77. The fourth-order valence-corrected chi connectivity index (χ4v) is 22.1. The highest BCUT2D eigenvalue weighted by Gasteiger charge is 2.52. The number of fused-ring (bicyclic) bond motifs is 3. The van der Waals surface area contributed by atoms with Gasteiger partial charge in [-0.05, 0) is 197 Å². The standard InChI is InChI=1S/C78H57N6O3P3/c85-88(79(64-25-7-1-8-26-64)73-37-19-20-38-74(73)80(88)65-27-9-2-10-28-65)70-49-43-58(44-50-70)61-55-62(59-45-51-71(52-46-59)89(86)81(66-29-11-3-12-30-66)75-39-21-22-40-76(75)82(89)67-31-13-4-14-32-67)57-63(56-61)60-47-53-72(54-48-60)90(87)83(68-33-15-5-16-34-68)77-41-23-24-42-78(77)84(90)69-35-17-6-18-36-69/h1-57H. The third-order valence-corrected chi connectivity index (χ3v) is 26.0. The molecule has 3 heterocycles. The Bertz CT molecular complexity index is 4230. The topological polar surface area (TPSA) is 70.6 Å². The van der Waals surface area contributed by atoms with Gasteiger partial charge in [-0.2, -0.15) is 0 Å². The molecule has 3 aliphatic heterocycles. The predicted octanol–water partition coefficient (Wildman–Crippen LogP) is 21.1. The molecule has 16 rings (SSSR count). The van der Waals surface area contributed by atoms with Crippen LogP contribution in [0.15, 0.2) is 346 Å². The van der Waals surface area contributed by atoms with Crippen molar-refractivity contribution < 1.29 is 13.7 Å². The minimum atomic E-state index is -3.66. The first-order valence-corrected chi connectivity index (χ1v) is 34.8. The van der Waals surface area contributed by atoms with Gasteiger partial charge in [0.15, 0.2) is 0 Å². The van der Waals surface area contributed by atoms with Gasteiger partial charge in [0.25, 0.3) is 0 Å². The largest absolute Gasteiger partial charge is 0.301 e. The van der Waals surface area contributed by atoms with Gasteiger partial charge in [0.2, 0.25) is 0 Å². The van der Waals surface area contributed by atoms with Gasteiger partial charge in [0.1, 0.15) is 0 Å². The normalized spacial score (nSPS) is 14.9. The smallest absolute Gasteiger partial charge is 0.270 e. The summed E-state index contributed by atoms with van der Waals surface area (Å²) in [7, 11) is -11.0. The van der Waals surface area contributed by atoms with Crippen LogP contribution in [0.3, 0.4) is 0 Å². The second-order valence-electron chi connectivity index (χ2n) is 22.4. The van der Waals surface area contributed by atoms with E-state index in [0.29, 0.717) is 15.9 Å². The summed E-state index contributed by atoms with van der Waals surface area (Å²) in [5.74, 6) is 0. The molecule has 0 aliphatic carbocycles. The minimum Gasteiger partial charge on any atom is -0.270 e. The Morgan fingerprint density at radius 3 is 0.489 bits per heavy atom. The summed E-state index contributed by atoms with van der Waals surface area (Å²) in [6.07, 6.45) is 0. The van der Waals surface area contributed by atoms with Crippen molar-refractivity contribution in [2.24, 2.45) is 0 Å². The van der Waals surface area contributed by atoms with Gasteiger partial charge in [-0.1, -0.05) is 182 Å². The molecule has 12 heteroatoms. The lowest BCUT2D eigenvalue weighted by atomic mass is 9.93. The SMILES string of the molecule is O=P1(c2ccc(-c3cc(-c4ccc(P5(=O)N(c6ccccc6)c6ccccc6N5c5ccccc5)cc4)cc(-c4ccc(P5(=O)N(c6ccccc6)c6ccccc6N5c5ccccc5)cc4)c3)cc2)N(c2ccccc2)c2ccccc2N1c1ccccc1. The fraction of sp³-hybridized carbons (Fsp3) is 0. The van der Waals surface area contributed by atoms with E-state index in [0.717, 1.165) is 102 Å². The quantitative estimate of drug-likeness (QED) is 0.111. The Labute approximate surface area is 524 Å². The summed E-state index contributed by atoms with van der Waals surface area (Å²) < 4.78 is 62.2. The number of benzene rings is 13. The summed E-state index contributed by atoms with van der Waals surface area (Å²) >= 11 is 0. The van der Waals surface area contributed by atoms with Crippen molar-refractivity contribution in [1.29, 1.82) is 0 Å². The Morgan fingerprint density at radius 1 is 0.167 bits per heavy atom. The van der Waals surface area contributed by atoms with E-state index >= 15 is 13.7 Å². The fourth-order valence-electron chi connectivity index (χ4n) is 13.2. The molecule has 0 aromatic heterocycles. The van der Waals surface area contributed by atoms with Crippen LogP contribution in [-0.4, -0.2) is 0 Å². The van der Waals surface area contributed by atoms with Gasteiger partial charge < -0.3 is 0 Å². The van der Waals surface area contributed by atoms with Crippen LogP contribution < -0.4 is 43.9 Å². The Kier molecular flexibility index (Phi) is 13.5. The van der Waals surface area contributed by atoms with Crippen LogP contribution in [0.4, 0.5) is 68.2 Å². The summed E-state index contributed by atoms with van der Waals surface area (Å²) in [5.41, 5.74) is 15.7. The van der Waals surface area contributed by atoms with Crippen molar-refractivity contribution in [3.8, 4) is 33.4 Å². The molecule has 0 fully saturated rings. The van der Waals surface area contributed by atoms with Gasteiger partial charge >= 0.3 is 22.3 Å². The van der Waals surface area contributed by atoms with Gasteiger partial charge in [-0.25, -0.2) is 0 Å². The number of hydrogen-bond acceptors (Lipinski definition) is 3. The highest BCUT2D eigenvalue weighted by atomic mass is 31.2. The van der Waals surface area contributed by atoms with Crippen LogP contribution in [0.25, 0.3) is 33.4 Å². The lowest BCUT2D eigenvalue weighted by molar-refractivity contribution is 0.581. The molecule has 0 N–H and O–H groups in total. The molecule has 432 valence electrons. The Balaban J connectivity index is 0.839. The van der Waals surface area contributed by atoms with E-state index in [1.807, 2.05) is 319 Å². The maximum absolute atomic E-state index is 16.7. The van der Waals surface area contributed by atoms with Crippen molar-refractivity contribution >= 4 is 106 Å². The van der Waals surface area contributed by atoms with Crippen molar-refractivity contribution in [2.45, 2.75) is 0 Å². The van der Waals surface area contributed by atoms with Crippen LogP contribution in [0.1, 0.15) is 0 Å². The summed E-state index contributed by atoms with van der Waals surface area (Å²) in [4.78, 5) is 0. The lowest BCUT2D eigenvalue weighted by Crippen LogP contribution is -2.26. The zero-order valence-electron chi connectivity index (χ0n) is 48.7. The van der Waals surface area contributed by atoms with Gasteiger partial charge in [-0.15, -0.1) is 0 Å². The predicted molar refractivity (Wildman–Crippen MR) is 375 cm³/mol. The molecule has 90 heavy (non-hydrogen) atoms. The number of hydrogen-bond donors (Lipinski definition) is 0. The number of anilines is 12. The van der Waals surface area contributed by atoms with Crippen LogP contribution in [-0.2, 0) is 13.7 Å². The molecule has 0 saturated carbocycles. The van der Waals surface area contributed by atoms with E-state index in [4.69, 9.17) is 0 Å². The highest BCUT2D eigenvalue weighted by Crippen LogP contribution is 2.73. The van der Waals surface area contributed by atoms with Crippen LogP contribution >= 0.6 is 22.3 Å². The van der Waals surface area contributed by atoms with Crippen molar-refractivity contribution in [3.63, 3.8) is 0 Å². The molecule has 13 aromatic carbocycles. The molecular weight excluding hydrogens is 1160 g/mol. The van der Waals surface area contributed by atoms with Crippen LogP contribution in [0, 0.1) is 0 Å². The molecule has 0 atom stereocenters. The van der Waals surface area contributed by atoms with E-state index in [-0.39, 0.29) is 0 Å². The minimum absolute atomic E-state index is 0.675. The molecule has 0 saturated heterocycles. The summed E-state index contributed by atoms with van der Waals surface area (Å²) in [6.45, 7) is 0. The average molecular weight is 1220 g/mol. The monoisotopic (exact) mass is 1220 g/mol. The molecule has 13 aromatic rings. The van der Waals surface area contributed by atoms with Crippen molar-refractivity contribution in [3.05, 3.63) is 346 Å². The second kappa shape index (κ2) is 22.2. The molecule has 0 amide bonds. The van der Waals surface area contributed by atoms with Gasteiger partial charge in [0.05, 0.1) is 50.0 Å². The lowest BCUT2D eigenvalue weighted by Gasteiger charge is -2.33. The van der Waals surface area contributed by atoms with E-state index in [1.54, 1.807) is 0 Å². The zero-order valence-corrected chi connectivity index (χ0v) is 51.3. The molecule has 0 spiro atoms. The first-order chi connectivity index (χ1) is 44.3. The Morgan fingerprint density at radius 2 is 0.322 bits per heavy atom. The van der Waals surface area contributed by atoms with E-state index < -0.39 is 22.3 Å². The van der Waals surface area contributed by atoms with Gasteiger partial charge in [-0.3, -0.25) is 41.7 Å². The molecule has 9 nitrogen and oxygen atoms in total. The third kappa shape index (κ3) is 8.80. The van der Waals surface area contributed by atoms with Crippen LogP contribution in [0.2, 0.25) is 0 Å². The van der Waals surface area contributed by atoms with Crippen molar-refractivity contribution in [1.82, 2.24) is 0 Å². The number of rotatable bonds is 12. The van der Waals surface area contributed by atoms with Crippen LogP contribution in [0.5, 0.6) is 0 Å². The first-order valence-electron chi connectivity index (χ1n) is 30.0. The molecule has 3 aliphatic rings. The van der Waals surface area contributed by atoms with Gasteiger partial charge in [0, 0.05) is 34.1 Å². The molecule has 0 unspecified atom stereocenters. The Hall–Kier alpha value is -10.7. The van der Waals surface area contributed by atoms with Crippen molar-refractivity contribution in [2.75, 3.05) is 28.0 Å². The number of nitrogens with zero attached hydrogens (tertiary/aromatic N) is 6. The summed E-state index contributed by atoms with van der Waals surface area (Å²) in [6, 6.07) is 116. The zero-order chi connectivity index (χ0) is 60.4. The molecule has 0 radical (unpaired) electrons. The molecular formula is C78H57N6O3P3. The maximum atomic E-state index is 16.7. The average Bonchev–Trinajstić information content (AvgIpc) is 1.74. The van der Waals surface area contributed by atoms with E-state index in [1.165, 1.54) is 0 Å². The first kappa shape index (κ1) is 54.7. The number of para-hydroxylation sites is 12. The second-order valence-corrected chi connectivity index (χ2v) is 29.6.